The van der Waals surface area contributed by atoms with Gasteiger partial charge in [-0.1, -0.05) is 47.7 Å². The summed E-state index contributed by atoms with van der Waals surface area (Å²) in [4.78, 5) is 12.7. The summed E-state index contributed by atoms with van der Waals surface area (Å²) < 4.78 is 6.97. The lowest BCUT2D eigenvalue weighted by Gasteiger charge is -2.10. The van der Waals surface area contributed by atoms with E-state index in [4.69, 9.17) is 4.74 Å². The van der Waals surface area contributed by atoms with Crippen molar-refractivity contribution in [2.75, 3.05) is 11.9 Å². The summed E-state index contributed by atoms with van der Waals surface area (Å²) in [5.41, 5.74) is 2.52. The molecule has 0 spiro atoms. The van der Waals surface area contributed by atoms with Gasteiger partial charge in [0.1, 0.15) is 10.8 Å². The number of carbonyl (C=O) groups excluding carboxylic acids is 1. The molecule has 0 aliphatic carbocycles. The SMILES string of the molecule is C=CCn1c(-c2ccccc2)c(NC(=O)OCC)sc1=NN=Cc1ccc(O)cc1. The van der Waals surface area contributed by atoms with E-state index >= 15 is 0 Å². The van der Waals surface area contributed by atoms with Crippen LogP contribution in [0.15, 0.2) is 77.5 Å². The second kappa shape index (κ2) is 10.2. The zero-order valence-corrected chi connectivity index (χ0v) is 17.3. The predicted octanol–water partition coefficient (Wildman–Crippen LogP) is 4.61. The normalized spacial score (nSPS) is 11.6. The molecule has 154 valence electrons. The Morgan fingerprint density at radius 3 is 2.63 bits per heavy atom. The quantitative estimate of drug-likeness (QED) is 0.331. The number of hydrogen-bond acceptors (Lipinski definition) is 6. The number of carbonyl (C=O) groups is 1. The molecule has 0 unspecified atom stereocenters. The highest BCUT2D eigenvalue weighted by atomic mass is 32.1. The fourth-order valence-electron chi connectivity index (χ4n) is 2.72. The Bertz CT molecular complexity index is 1100. The number of phenols is 1. The number of aromatic hydroxyl groups is 1. The molecule has 0 aliphatic rings. The number of hydrogen-bond donors (Lipinski definition) is 2. The Kier molecular flexibility index (Phi) is 7.18. The van der Waals surface area contributed by atoms with Gasteiger partial charge < -0.3 is 14.4 Å². The second-order valence-electron chi connectivity index (χ2n) is 6.11. The number of benzene rings is 2. The minimum atomic E-state index is -0.527. The van der Waals surface area contributed by atoms with E-state index in [0.29, 0.717) is 16.3 Å². The van der Waals surface area contributed by atoms with E-state index < -0.39 is 6.09 Å². The van der Waals surface area contributed by atoms with E-state index in [1.54, 1.807) is 43.5 Å². The van der Waals surface area contributed by atoms with Gasteiger partial charge in [0, 0.05) is 12.1 Å². The number of thiazole rings is 1. The van der Waals surface area contributed by atoms with Gasteiger partial charge in [-0.25, -0.2) is 4.79 Å². The summed E-state index contributed by atoms with van der Waals surface area (Å²) in [7, 11) is 0. The third kappa shape index (κ3) is 5.24. The van der Waals surface area contributed by atoms with Crippen molar-refractivity contribution < 1.29 is 14.6 Å². The van der Waals surface area contributed by atoms with Crippen molar-refractivity contribution in [2.24, 2.45) is 10.2 Å². The summed E-state index contributed by atoms with van der Waals surface area (Å²) in [5.74, 6) is 0.188. The van der Waals surface area contributed by atoms with Crippen LogP contribution in [0, 0.1) is 0 Å². The van der Waals surface area contributed by atoms with Gasteiger partial charge in [-0.2, -0.15) is 5.10 Å². The summed E-state index contributed by atoms with van der Waals surface area (Å²) in [6.07, 6.45) is 2.83. The fourth-order valence-corrected chi connectivity index (χ4v) is 3.72. The summed E-state index contributed by atoms with van der Waals surface area (Å²) in [6.45, 7) is 6.35. The van der Waals surface area contributed by atoms with Crippen molar-refractivity contribution in [3.8, 4) is 17.0 Å². The first-order valence-electron chi connectivity index (χ1n) is 9.32. The Morgan fingerprint density at radius 2 is 1.97 bits per heavy atom. The summed E-state index contributed by atoms with van der Waals surface area (Å²) in [5, 5.41) is 21.3. The van der Waals surface area contributed by atoms with Crippen molar-refractivity contribution in [2.45, 2.75) is 13.5 Å². The second-order valence-corrected chi connectivity index (χ2v) is 7.09. The van der Waals surface area contributed by atoms with Gasteiger partial charge in [-0.05, 0) is 36.8 Å². The van der Waals surface area contributed by atoms with Gasteiger partial charge in [0.25, 0.3) is 0 Å². The van der Waals surface area contributed by atoms with Crippen LogP contribution in [-0.2, 0) is 11.3 Å². The average molecular weight is 423 g/mol. The van der Waals surface area contributed by atoms with Gasteiger partial charge >= 0.3 is 6.09 Å². The topological polar surface area (TPSA) is 88.2 Å². The number of anilines is 1. The number of nitrogens with zero attached hydrogens (tertiary/aromatic N) is 3. The smallest absolute Gasteiger partial charge is 0.412 e. The van der Waals surface area contributed by atoms with Crippen LogP contribution in [0.25, 0.3) is 11.3 Å². The van der Waals surface area contributed by atoms with E-state index in [2.05, 4.69) is 22.1 Å². The van der Waals surface area contributed by atoms with E-state index in [1.165, 1.54) is 11.3 Å². The third-order valence-electron chi connectivity index (χ3n) is 4.00. The van der Waals surface area contributed by atoms with Crippen LogP contribution in [-0.4, -0.2) is 28.6 Å². The molecule has 3 rings (SSSR count). The maximum absolute atomic E-state index is 12.1. The number of ether oxygens (including phenoxy) is 1. The highest BCUT2D eigenvalue weighted by Gasteiger charge is 2.17. The molecule has 0 saturated heterocycles. The van der Waals surface area contributed by atoms with Crippen molar-refractivity contribution in [3.63, 3.8) is 0 Å². The van der Waals surface area contributed by atoms with Gasteiger partial charge in [-0.15, -0.1) is 11.7 Å². The minimum absolute atomic E-state index is 0.188. The summed E-state index contributed by atoms with van der Waals surface area (Å²) >= 11 is 1.30. The first-order valence-corrected chi connectivity index (χ1v) is 10.1. The number of rotatable bonds is 7. The molecular weight excluding hydrogens is 400 g/mol. The van der Waals surface area contributed by atoms with Gasteiger partial charge in [0.2, 0.25) is 4.80 Å². The number of aromatic nitrogens is 1. The molecule has 2 N–H and O–H groups in total. The van der Waals surface area contributed by atoms with Crippen LogP contribution >= 0.6 is 11.3 Å². The molecule has 30 heavy (non-hydrogen) atoms. The lowest BCUT2D eigenvalue weighted by molar-refractivity contribution is 0.168. The van der Waals surface area contributed by atoms with E-state index in [9.17, 15) is 9.90 Å². The lowest BCUT2D eigenvalue weighted by atomic mass is 10.1. The fraction of sp³-hybridized carbons (Fsp3) is 0.136. The lowest BCUT2D eigenvalue weighted by Crippen LogP contribution is -2.15. The van der Waals surface area contributed by atoms with Crippen LogP contribution in [0.2, 0.25) is 0 Å². The molecule has 0 saturated carbocycles. The number of nitrogens with one attached hydrogen (secondary N) is 1. The molecule has 1 aromatic heterocycles. The molecule has 3 aromatic rings. The van der Waals surface area contributed by atoms with Crippen LogP contribution in [0.5, 0.6) is 5.75 Å². The Morgan fingerprint density at radius 1 is 1.23 bits per heavy atom. The number of amides is 1. The highest BCUT2D eigenvalue weighted by Crippen LogP contribution is 2.31. The maximum atomic E-state index is 12.1. The molecular formula is C22H22N4O3S. The largest absolute Gasteiger partial charge is 0.508 e. The standard InChI is InChI=1S/C22H22N4O3S/c1-3-14-26-19(17-8-6-5-7-9-17)20(24-22(28)29-4-2)30-21(26)25-23-15-16-10-12-18(27)13-11-16/h3,5-13,15,27H,1,4,14H2,2H3,(H,24,28). The average Bonchev–Trinajstić information content (AvgIpc) is 3.07. The van der Waals surface area contributed by atoms with Gasteiger partial charge in [-0.3, -0.25) is 5.32 Å². The first-order chi connectivity index (χ1) is 14.6. The zero-order valence-electron chi connectivity index (χ0n) is 16.5. The van der Waals surface area contributed by atoms with Crippen LogP contribution in [0.1, 0.15) is 12.5 Å². The summed E-state index contributed by atoms with van der Waals surface area (Å²) in [6, 6.07) is 16.4. The molecule has 0 fully saturated rings. The van der Waals surface area contributed by atoms with Crippen LogP contribution in [0.4, 0.5) is 9.80 Å². The van der Waals surface area contributed by atoms with Gasteiger partial charge in [0.05, 0.1) is 18.5 Å². The van der Waals surface area contributed by atoms with E-state index in [0.717, 1.165) is 16.8 Å². The molecule has 0 radical (unpaired) electrons. The molecule has 2 aromatic carbocycles. The molecule has 0 bridgehead atoms. The Labute approximate surface area is 178 Å². The van der Waals surface area contributed by atoms with Crippen molar-refractivity contribution in [3.05, 3.63) is 77.6 Å². The minimum Gasteiger partial charge on any atom is -0.508 e. The van der Waals surface area contributed by atoms with Crippen molar-refractivity contribution in [1.82, 2.24) is 4.57 Å². The Hall–Kier alpha value is -3.65. The molecule has 1 heterocycles. The highest BCUT2D eigenvalue weighted by molar-refractivity contribution is 7.14. The van der Waals surface area contributed by atoms with E-state index in [1.807, 2.05) is 34.9 Å². The van der Waals surface area contributed by atoms with Gasteiger partial charge in [0.15, 0.2) is 0 Å². The Balaban J connectivity index is 2.07. The van der Waals surface area contributed by atoms with E-state index in [-0.39, 0.29) is 12.4 Å². The van der Waals surface area contributed by atoms with Crippen LogP contribution in [0.3, 0.4) is 0 Å². The molecule has 8 heteroatoms. The predicted molar refractivity (Wildman–Crippen MR) is 120 cm³/mol. The molecule has 7 nitrogen and oxygen atoms in total. The number of allylic oxidation sites excluding steroid dienone is 1. The van der Waals surface area contributed by atoms with Crippen molar-refractivity contribution in [1.29, 1.82) is 0 Å². The van der Waals surface area contributed by atoms with Crippen LogP contribution < -0.4 is 10.1 Å². The molecule has 1 amide bonds. The third-order valence-corrected chi connectivity index (χ3v) is 4.99. The monoisotopic (exact) mass is 422 g/mol. The number of phenolic OH excluding ortho intramolecular Hbond substituents is 1. The zero-order chi connectivity index (χ0) is 21.3. The first kappa shape index (κ1) is 21.1. The molecule has 0 atom stereocenters. The van der Waals surface area contributed by atoms with Crippen molar-refractivity contribution >= 4 is 28.6 Å². The molecule has 0 aliphatic heterocycles. The maximum Gasteiger partial charge on any atom is 0.412 e.